The van der Waals surface area contributed by atoms with Crippen LogP contribution < -0.4 is 5.32 Å². The lowest BCUT2D eigenvalue weighted by Crippen LogP contribution is -2.51. The number of carbonyl (C=O) groups excluding carboxylic acids is 2. The molecule has 0 aliphatic heterocycles. The van der Waals surface area contributed by atoms with Gasteiger partial charge in [0.15, 0.2) is 0 Å². The molecule has 3 rings (SSSR count). The van der Waals surface area contributed by atoms with Crippen molar-refractivity contribution in [3.8, 4) is 0 Å². The molecule has 0 aliphatic rings. The Morgan fingerprint density at radius 3 is 2.22 bits per heavy atom. The van der Waals surface area contributed by atoms with E-state index in [2.05, 4.69) is 19.2 Å². The van der Waals surface area contributed by atoms with E-state index in [1.165, 1.54) is 11.8 Å². The molecule has 3 aromatic rings. The van der Waals surface area contributed by atoms with E-state index in [-0.39, 0.29) is 17.6 Å². The summed E-state index contributed by atoms with van der Waals surface area (Å²) in [6, 6.07) is 24.2. The van der Waals surface area contributed by atoms with Crippen LogP contribution in [0, 0.1) is 5.92 Å². The Hall–Kier alpha value is -2.47. The molecule has 0 aromatic heterocycles. The van der Waals surface area contributed by atoms with Crippen LogP contribution in [0.15, 0.2) is 78.9 Å². The number of amides is 2. The summed E-state index contributed by atoms with van der Waals surface area (Å²) in [7, 11) is 0. The van der Waals surface area contributed by atoms with Crippen LogP contribution in [0.2, 0.25) is 10.0 Å². The zero-order valence-corrected chi connectivity index (χ0v) is 23.0. The number of hydrogen-bond donors (Lipinski definition) is 1. The van der Waals surface area contributed by atoms with Gasteiger partial charge in [-0.2, -0.15) is 0 Å². The molecule has 4 nitrogen and oxygen atoms in total. The van der Waals surface area contributed by atoms with Crippen LogP contribution in [-0.2, 0) is 28.3 Å². The summed E-state index contributed by atoms with van der Waals surface area (Å²) in [5, 5.41) is 4.35. The highest BCUT2D eigenvalue weighted by atomic mass is 35.5. The van der Waals surface area contributed by atoms with Gasteiger partial charge in [-0.1, -0.05) is 91.6 Å². The van der Waals surface area contributed by atoms with E-state index in [0.717, 1.165) is 16.7 Å². The van der Waals surface area contributed by atoms with E-state index >= 15 is 0 Å². The largest absolute Gasteiger partial charge is 0.354 e. The average Bonchev–Trinajstić information content (AvgIpc) is 2.86. The van der Waals surface area contributed by atoms with E-state index in [1.807, 2.05) is 66.7 Å². The van der Waals surface area contributed by atoms with Crippen LogP contribution in [0.25, 0.3) is 0 Å². The van der Waals surface area contributed by atoms with Gasteiger partial charge in [0.25, 0.3) is 0 Å². The molecule has 0 spiro atoms. The molecule has 7 heteroatoms. The van der Waals surface area contributed by atoms with E-state index in [0.29, 0.717) is 41.2 Å². The molecule has 0 bridgehead atoms. The molecular weight excluding hydrogens is 511 g/mol. The highest BCUT2D eigenvalue weighted by Crippen LogP contribution is 2.21. The zero-order chi connectivity index (χ0) is 25.9. The summed E-state index contributed by atoms with van der Waals surface area (Å²) >= 11 is 13.7. The number of halogens is 2. The van der Waals surface area contributed by atoms with Crippen LogP contribution in [-0.4, -0.2) is 35.1 Å². The molecular formula is C29H32Cl2N2O2S. The van der Waals surface area contributed by atoms with E-state index < -0.39 is 6.04 Å². The third kappa shape index (κ3) is 9.20. The van der Waals surface area contributed by atoms with Gasteiger partial charge in [0.05, 0.1) is 5.75 Å². The van der Waals surface area contributed by atoms with Crippen LogP contribution >= 0.6 is 35.0 Å². The molecule has 190 valence electrons. The van der Waals surface area contributed by atoms with Crippen LogP contribution in [0.3, 0.4) is 0 Å². The van der Waals surface area contributed by atoms with E-state index in [9.17, 15) is 9.59 Å². The first kappa shape index (κ1) is 28.1. The molecule has 36 heavy (non-hydrogen) atoms. The standard InChI is InChI=1S/C29H32Cl2N2O2S/c1-21(2)17-32-29(35)27(16-22-7-4-3-5-8-22)33(18-23-11-13-25(30)14-12-23)28(34)20-36-19-24-9-6-10-26(31)15-24/h3-15,21,27H,16-20H2,1-2H3,(H,32,35)/t27-/m1/s1. The maximum Gasteiger partial charge on any atom is 0.243 e. The molecule has 0 saturated carbocycles. The molecule has 0 aliphatic carbocycles. The second-order valence-corrected chi connectivity index (χ2v) is 11.0. The van der Waals surface area contributed by atoms with Crippen molar-refractivity contribution < 1.29 is 9.59 Å². The maximum atomic E-state index is 13.6. The number of thioether (sulfide) groups is 1. The number of nitrogens with zero attached hydrogens (tertiary/aromatic N) is 1. The fourth-order valence-corrected chi connectivity index (χ4v) is 4.93. The number of rotatable bonds is 12. The molecule has 0 unspecified atom stereocenters. The minimum Gasteiger partial charge on any atom is -0.354 e. The Bertz CT molecular complexity index is 1120. The second-order valence-electron chi connectivity index (χ2n) is 9.12. The first-order valence-electron chi connectivity index (χ1n) is 12.0. The van der Waals surface area contributed by atoms with Gasteiger partial charge in [-0.15, -0.1) is 11.8 Å². The van der Waals surface area contributed by atoms with Crippen molar-refractivity contribution in [2.45, 2.75) is 38.6 Å². The SMILES string of the molecule is CC(C)CNC(=O)[C@@H](Cc1ccccc1)N(Cc1ccc(Cl)cc1)C(=O)CSCc1cccc(Cl)c1. The first-order valence-corrected chi connectivity index (χ1v) is 13.9. The van der Waals surface area contributed by atoms with Crippen molar-refractivity contribution in [3.63, 3.8) is 0 Å². The molecule has 1 N–H and O–H groups in total. The molecule has 0 fully saturated rings. The fourth-order valence-electron chi connectivity index (χ4n) is 3.73. The maximum absolute atomic E-state index is 13.6. The summed E-state index contributed by atoms with van der Waals surface area (Å²) in [6.45, 7) is 4.97. The Balaban J connectivity index is 1.83. The molecule has 1 atom stereocenters. The highest BCUT2D eigenvalue weighted by Gasteiger charge is 2.30. The van der Waals surface area contributed by atoms with Gasteiger partial charge in [0.2, 0.25) is 11.8 Å². The van der Waals surface area contributed by atoms with Crippen molar-refractivity contribution in [2.24, 2.45) is 5.92 Å². The molecule has 0 radical (unpaired) electrons. The second kappa shape index (κ2) is 14.3. The summed E-state index contributed by atoms with van der Waals surface area (Å²) < 4.78 is 0. The van der Waals surface area contributed by atoms with Crippen LogP contribution in [0.5, 0.6) is 0 Å². The first-order chi connectivity index (χ1) is 17.3. The Kier molecular flexibility index (Phi) is 11.2. The third-order valence-corrected chi connectivity index (χ3v) is 7.08. The number of carbonyl (C=O) groups is 2. The summed E-state index contributed by atoms with van der Waals surface area (Å²) in [5.41, 5.74) is 2.98. The van der Waals surface area contributed by atoms with Gasteiger partial charge < -0.3 is 10.2 Å². The predicted molar refractivity (Wildman–Crippen MR) is 151 cm³/mol. The predicted octanol–water partition coefficient (Wildman–Crippen LogP) is 6.64. The Morgan fingerprint density at radius 1 is 0.861 bits per heavy atom. The summed E-state index contributed by atoms with van der Waals surface area (Å²) in [6.07, 6.45) is 0.434. The minimum absolute atomic E-state index is 0.0855. The van der Waals surface area contributed by atoms with Crippen LogP contribution in [0.4, 0.5) is 0 Å². The van der Waals surface area contributed by atoms with Crippen LogP contribution in [0.1, 0.15) is 30.5 Å². The van der Waals surface area contributed by atoms with Crippen molar-refractivity contribution >= 4 is 46.8 Å². The van der Waals surface area contributed by atoms with Gasteiger partial charge in [-0.3, -0.25) is 9.59 Å². The topological polar surface area (TPSA) is 49.4 Å². The van der Waals surface area contributed by atoms with E-state index in [1.54, 1.807) is 17.0 Å². The fraction of sp³-hybridized carbons (Fsp3) is 0.310. The van der Waals surface area contributed by atoms with Gasteiger partial charge in [0, 0.05) is 35.3 Å². The Morgan fingerprint density at radius 2 is 1.56 bits per heavy atom. The average molecular weight is 544 g/mol. The zero-order valence-electron chi connectivity index (χ0n) is 20.6. The quantitative estimate of drug-likeness (QED) is 0.279. The third-order valence-electron chi connectivity index (χ3n) is 5.61. The van der Waals surface area contributed by atoms with Gasteiger partial charge >= 0.3 is 0 Å². The molecule has 3 aromatic carbocycles. The van der Waals surface area contributed by atoms with Crippen molar-refractivity contribution in [2.75, 3.05) is 12.3 Å². The molecule has 0 saturated heterocycles. The lowest BCUT2D eigenvalue weighted by molar-refractivity contribution is -0.139. The molecule has 0 heterocycles. The number of benzene rings is 3. The monoisotopic (exact) mass is 542 g/mol. The number of nitrogens with one attached hydrogen (secondary N) is 1. The smallest absolute Gasteiger partial charge is 0.243 e. The molecule has 2 amide bonds. The van der Waals surface area contributed by atoms with Crippen molar-refractivity contribution in [1.82, 2.24) is 10.2 Å². The number of hydrogen-bond acceptors (Lipinski definition) is 3. The normalized spacial score (nSPS) is 11.8. The minimum atomic E-state index is -0.638. The van der Waals surface area contributed by atoms with Crippen molar-refractivity contribution in [3.05, 3.63) is 106 Å². The van der Waals surface area contributed by atoms with Gasteiger partial charge in [-0.05, 0) is 46.9 Å². The van der Waals surface area contributed by atoms with Crippen molar-refractivity contribution in [1.29, 1.82) is 0 Å². The van der Waals surface area contributed by atoms with Gasteiger partial charge in [0.1, 0.15) is 6.04 Å². The highest BCUT2D eigenvalue weighted by molar-refractivity contribution is 7.99. The van der Waals surface area contributed by atoms with Gasteiger partial charge in [-0.25, -0.2) is 0 Å². The lowest BCUT2D eigenvalue weighted by atomic mass is 10.0. The summed E-state index contributed by atoms with van der Waals surface area (Å²) in [5.74, 6) is 0.986. The van der Waals surface area contributed by atoms with E-state index in [4.69, 9.17) is 23.2 Å². The Labute approximate surface area is 228 Å². The lowest BCUT2D eigenvalue weighted by Gasteiger charge is -2.32. The summed E-state index contributed by atoms with van der Waals surface area (Å²) in [4.78, 5) is 28.8.